The Hall–Kier alpha value is -0.490. The Labute approximate surface area is 328 Å². The van der Waals surface area contributed by atoms with Gasteiger partial charge in [0.15, 0.2) is 0 Å². The number of unbranched alkanes of at least 4 members (excludes halogenated alkanes) is 14. The summed E-state index contributed by atoms with van der Waals surface area (Å²) >= 11 is 9.27. The molecule has 7 nitrogen and oxygen atoms in total. The molecule has 0 aliphatic heterocycles. The molecular weight excluding hydrogens is 659 g/mol. The molecular formula is C36H70ClN4NaO3S2. The van der Waals surface area contributed by atoms with E-state index in [1.807, 2.05) is 0 Å². The molecule has 0 bridgehead atoms. The molecule has 0 radical (unpaired) electrons. The fraction of sp³-hybridized carbons (Fsp3) is 0.722. The van der Waals surface area contributed by atoms with Crippen molar-refractivity contribution >= 4 is 24.4 Å². The standard InChI is InChI=1S/2C13H30N.C5H5NOS.C5H4NOS.ClH.Na.H2O/c2*1-5-6-7-8-9-10-11-12-13-14(2,3)4;2*7-6-4-2-1-3-5(6)8;;;/h2*5-13H2,1-4H3;1-4,7H;1-4H;1H;;1H2/q2*+1;;-1;;+1;/p-2. The Kier molecular flexibility index (Phi) is 43.8. The third-order valence-electron chi connectivity index (χ3n) is 6.96. The molecule has 0 spiro atoms. The Morgan fingerprint density at radius 1 is 0.574 bits per heavy atom. The first-order valence-electron chi connectivity index (χ1n) is 17.1. The van der Waals surface area contributed by atoms with Gasteiger partial charge in [0, 0.05) is 6.20 Å². The van der Waals surface area contributed by atoms with Crippen LogP contribution in [0.5, 0.6) is 0 Å². The van der Waals surface area contributed by atoms with Crippen molar-refractivity contribution in [3.8, 4) is 0 Å². The van der Waals surface area contributed by atoms with Crippen LogP contribution < -0.4 is 42.0 Å². The molecule has 0 aromatic carbocycles. The molecule has 0 aliphatic rings. The van der Waals surface area contributed by atoms with Gasteiger partial charge in [0.05, 0.1) is 55.4 Å². The molecule has 0 fully saturated rings. The zero-order valence-corrected chi connectivity index (χ0v) is 36.0. The summed E-state index contributed by atoms with van der Waals surface area (Å²) in [6.07, 6.45) is 25.7. The van der Waals surface area contributed by atoms with Gasteiger partial charge in [-0.15, -0.1) is 0 Å². The maximum absolute atomic E-state index is 10.4. The first-order chi connectivity index (χ1) is 20.7. The average molecular weight is 730 g/mol. The molecule has 0 atom stereocenters. The molecule has 2 aromatic heterocycles. The van der Waals surface area contributed by atoms with Crippen LogP contribution in [0.1, 0.15) is 117 Å². The van der Waals surface area contributed by atoms with E-state index in [0.29, 0.717) is 14.0 Å². The van der Waals surface area contributed by atoms with Gasteiger partial charge in [0.25, 0.3) is 0 Å². The van der Waals surface area contributed by atoms with Crippen LogP contribution in [-0.2, 0) is 0 Å². The molecule has 47 heavy (non-hydrogen) atoms. The maximum atomic E-state index is 10.4. The molecule has 0 amide bonds. The van der Waals surface area contributed by atoms with Gasteiger partial charge in [-0.3, -0.25) is 0 Å². The van der Waals surface area contributed by atoms with E-state index in [-0.39, 0.29) is 47.4 Å². The molecule has 2 heterocycles. The van der Waals surface area contributed by atoms with Crippen LogP contribution in [-0.4, -0.2) is 84.5 Å². The van der Waals surface area contributed by atoms with Gasteiger partial charge in [0.2, 0.25) is 0 Å². The predicted octanol–water partition coefficient (Wildman–Crippen LogP) is 4.52. The van der Waals surface area contributed by atoms with Crippen LogP contribution in [0.4, 0.5) is 0 Å². The zero-order valence-electron chi connectivity index (χ0n) is 31.6. The summed E-state index contributed by atoms with van der Waals surface area (Å²) in [7, 11) is 13.7. The number of quaternary nitrogens is 2. The van der Waals surface area contributed by atoms with E-state index in [0.717, 1.165) is 13.7 Å². The number of aromatic nitrogens is 2. The van der Waals surface area contributed by atoms with E-state index in [9.17, 15) is 5.21 Å². The normalized spacial score (nSPS) is 10.2. The van der Waals surface area contributed by atoms with Gasteiger partial charge in [-0.2, -0.15) is 4.73 Å². The van der Waals surface area contributed by atoms with E-state index in [1.165, 1.54) is 128 Å². The fourth-order valence-electron chi connectivity index (χ4n) is 4.27. The second-order valence-corrected chi connectivity index (χ2v) is 14.6. The summed E-state index contributed by atoms with van der Waals surface area (Å²) in [6, 6.07) is 10.1. The molecule has 2 rings (SSSR count). The number of pyridine rings is 2. The topological polar surface area (TPSA) is 83.2 Å². The van der Waals surface area contributed by atoms with Crippen molar-refractivity contribution in [3.63, 3.8) is 0 Å². The minimum Gasteiger partial charge on any atom is -1.00 e. The summed E-state index contributed by atoms with van der Waals surface area (Å²) in [4.78, 5) is 0. The zero-order chi connectivity index (χ0) is 33.7. The Balaban J connectivity index is -0.000000168. The number of rotatable bonds is 18. The van der Waals surface area contributed by atoms with E-state index in [1.54, 1.807) is 36.4 Å². The summed E-state index contributed by atoms with van der Waals surface area (Å²) in [5.41, 5.74) is 0. The van der Waals surface area contributed by atoms with Crippen molar-refractivity contribution < 1.29 is 61.6 Å². The van der Waals surface area contributed by atoms with Crippen molar-refractivity contribution in [2.45, 2.75) is 117 Å². The minimum atomic E-state index is 0. The number of hydrogen-bond donors (Lipinski definition) is 1. The quantitative estimate of drug-likeness (QED) is 0.0804. The van der Waals surface area contributed by atoms with Crippen molar-refractivity contribution in [2.24, 2.45) is 0 Å². The first-order valence-corrected chi connectivity index (χ1v) is 17.9. The van der Waals surface area contributed by atoms with E-state index in [2.05, 4.69) is 80.6 Å². The van der Waals surface area contributed by atoms with Gasteiger partial charge < -0.3 is 42.0 Å². The van der Waals surface area contributed by atoms with Crippen molar-refractivity contribution in [1.29, 1.82) is 0 Å². The van der Waals surface area contributed by atoms with Crippen LogP contribution >= 0.6 is 24.4 Å². The molecule has 0 unspecified atom stereocenters. The third kappa shape index (κ3) is 45.5. The minimum absolute atomic E-state index is 0. The Bertz CT molecular complexity index is 947. The van der Waals surface area contributed by atoms with E-state index in [4.69, 9.17) is 5.21 Å². The number of hydrogen-bond acceptors (Lipinski definition) is 5. The fourth-order valence-corrected chi connectivity index (χ4v) is 4.55. The smallest absolute Gasteiger partial charge is 1.00 e. The van der Waals surface area contributed by atoms with Crippen LogP contribution in [0.2, 0.25) is 0 Å². The van der Waals surface area contributed by atoms with Crippen molar-refractivity contribution in [1.82, 2.24) is 9.46 Å². The first kappa shape index (κ1) is 55.9. The predicted molar refractivity (Wildman–Crippen MR) is 199 cm³/mol. The molecule has 2 aromatic rings. The third-order valence-corrected chi connectivity index (χ3v) is 7.60. The summed E-state index contributed by atoms with van der Waals surface area (Å²) < 4.78 is 4.52. The van der Waals surface area contributed by atoms with E-state index >= 15 is 0 Å². The monoisotopic (exact) mass is 728 g/mol. The molecule has 11 heteroatoms. The second kappa shape index (κ2) is 36.8. The Morgan fingerprint density at radius 2 is 0.894 bits per heavy atom. The van der Waals surface area contributed by atoms with Gasteiger partial charge in [-0.1, -0.05) is 127 Å². The summed E-state index contributed by atoms with van der Waals surface area (Å²) in [5.74, 6) is 0. The van der Waals surface area contributed by atoms with Crippen LogP contribution in [0, 0.1) is 14.5 Å². The number of nitrogens with zero attached hydrogens (tertiary/aromatic N) is 4. The molecule has 0 saturated carbocycles. The van der Waals surface area contributed by atoms with Crippen molar-refractivity contribution in [2.75, 3.05) is 55.4 Å². The largest absolute Gasteiger partial charge is 1.00 e. The average Bonchev–Trinajstić information content (AvgIpc) is 2.95. The van der Waals surface area contributed by atoms with Crippen LogP contribution in [0.25, 0.3) is 0 Å². The van der Waals surface area contributed by atoms with Crippen LogP contribution in [0.3, 0.4) is 0 Å². The van der Waals surface area contributed by atoms with Gasteiger partial charge in [-0.25, -0.2) is 0 Å². The second-order valence-electron chi connectivity index (χ2n) is 13.7. The van der Waals surface area contributed by atoms with Gasteiger partial charge >= 0.3 is 29.6 Å². The van der Waals surface area contributed by atoms with Gasteiger partial charge in [-0.05, 0) is 56.1 Å². The molecule has 0 aliphatic carbocycles. The molecule has 0 saturated heterocycles. The SMILES string of the molecule is CCCCCCCCCC[N+](C)(C)C.CCCCCCCCCC[N+](C)(C)C.On1ccccc1=S.[Cl-].[Na+].[O-]n1ccccc1=S.[OH-]. The van der Waals surface area contributed by atoms with Gasteiger partial charge in [0.1, 0.15) is 9.28 Å². The maximum Gasteiger partial charge on any atom is 1.00 e. The van der Waals surface area contributed by atoms with E-state index < -0.39 is 0 Å². The van der Waals surface area contributed by atoms with Crippen LogP contribution in [0.15, 0.2) is 48.8 Å². The molecule has 272 valence electrons. The Morgan fingerprint density at radius 3 is 1.13 bits per heavy atom. The summed E-state index contributed by atoms with van der Waals surface area (Å²) in [6.45, 7) is 7.21. The summed E-state index contributed by atoms with van der Waals surface area (Å²) in [5, 5.41) is 19.2. The molecule has 2 N–H and O–H groups in total. The van der Waals surface area contributed by atoms with Crippen molar-refractivity contribution in [3.05, 3.63) is 63.3 Å². The number of halogens is 1.